The highest BCUT2D eigenvalue weighted by molar-refractivity contribution is 5.99. The number of H-pyrrole nitrogens is 1. The van der Waals surface area contributed by atoms with Crippen molar-refractivity contribution in [3.8, 4) is 0 Å². The predicted molar refractivity (Wildman–Crippen MR) is 203 cm³/mol. The Kier molecular flexibility index (Phi) is 17.0. The third-order valence-electron chi connectivity index (χ3n) is 9.29. The molecule has 1 aromatic carbocycles. The van der Waals surface area contributed by atoms with Crippen LogP contribution < -0.4 is 38.1 Å². The van der Waals surface area contributed by atoms with Crippen LogP contribution in [0.1, 0.15) is 57.4 Å². The van der Waals surface area contributed by atoms with Gasteiger partial charge in [0, 0.05) is 36.5 Å². The number of carbonyl (C=O) groups excluding carboxylic acids is 7. The number of hydrogen-bond donors (Lipinski definition) is 12. The number of nitrogens with zero attached hydrogens (tertiary/aromatic N) is 1. The first-order valence-corrected chi connectivity index (χ1v) is 18.5. The summed E-state index contributed by atoms with van der Waals surface area (Å²) in [7, 11) is 0. The van der Waals surface area contributed by atoms with Crippen molar-refractivity contribution in [1.82, 2.24) is 36.5 Å². The van der Waals surface area contributed by atoms with Crippen molar-refractivity contribution in [2.24, 2.45) is 11.5 Å². The number of primary amides is 1. The van der Waals surface area contributed by atoms with Crippen molar-refractivity contribution in [1.29, 1.82) is 0 Å². The molecule has 7 amide bonds. The van der Waals surface area contributed by atoms with Crippen LogP contribution in [-0.2, 0) is 59.2 Å². The van der Waals surface area contributed by atoms with E-state index in [0.29, 0.717) is 16.5 Å². The van der Waals surface area contributed by atoms with E-state index in [1.807, 2.05) is 5.32 Å². The topological polar surface area (TPSA) is 400 Å². The Balaban J connectivity index is 1.90. The lowest BCUT2D eigenvalue weighted by Gasteiger charge is -2.31. The van der Waals surface area contributed by atoms with Crippen LogP contribution in [0, 0.1) is 0 Å². The molecular formula is C36H47N9O15. The molecule has 1 aliphatic rings. The van der Waals surface area contributed by atoms with E-state index < -0.39 is 140 Å². The van der Waals surface area contributed by atoms with Crippen molar-refractivity contribution in [3.63, 3.8) is 0 Å². The molecule has 326 valence electrons. The summed E-state index contributed by atoms with van der Waals surface area (Å²) in [6, 6.07) is -4.24. The van der Waals surface area contributed by atoms with Crippen LogP contribution in [0.25, 0.3) is 10.9 Å². The van der Waals surface area contributed by atoms with E-state index in [1.54, 1.807) is 30.5 Å². The highest BCUT2D eigenvalue weighted by Gasteiger charge is 2.41. The van der Waals surface area contributed by atoms with E-state index in [0.717, 1.165) is 4.90 Å². The maximum absolute atomic E-state index is 14.4. The van der Waals surface area contributed by atoms with E-state index in [9.17, 15) is 68.1 Å². The van der Waals surface area contributed by atoms with Gasteiger partial charge in [0.15, 0.2) is 0 Å². The number of para-hydroxylation sites is 1. The normalized spacial score (nSPS) is 16.5. The number of fused-ring (bicyclic) bond motifs is 1. The minimum Gasteiger partial charge on any atom is -0.481 e. The zero-order valence-corrected chi connectivity index (χ0v) is 32.2. The zero-order chi connectivity index (χ0) is 44.8. The van der Waals surface area contributed by atoms with E-state index in [2.05, 4.69) is 26.3 Å². The number of likely N-dealkylation sites (tertiary alicyclic amines) is 1. The van der Waals surface area contributed by atoms with Crippen LogP contribution >= 0.6 is 0 Å². The van der Waals surface area contributed by atoms with Crippen molar-refractivity contribution in [2.45, 2.75) is 101 Å². The van der Waals surface area contributed by atoms with Crippen LogP contribution in [0.3, 0.4) is 0 Å². The van der Waals surface area contributed by atoms with Crippen LogP contribution in [0.5, 0.6) is 0 Å². The third-order valence-corrected chi connectivity index (χ3v) is 9.29. The predicted octanol–water partition coefficient (Wildman–Crippen LogP) is -3.75. The number of carboxylic acid groups (broad SMARTS) is 4. The first-order chi connectivity index (χ1) is 28.2. The molecule has 0 saturated carbocycles. The molecule has 1 aliphatic heterocycles. The van der Waals surface area contributed by atoms with Gasteiger partial charge in [0.05, 0.1) is 25.3 Å². The smallest absolute Gasteiger partial charge is 0.326 e. The number of carbonyl (C=O) groups is 11. The number of amides is 7. The van der Waals surface area contributed by atoms with Crippen LogP contribution in [0.15, 0.2) is 30.5 Å². The number of benzene rings is 1. The number of aromatic nitrogens is 1. The molecule has 24 nitrogen and oxygen atoms in total. The lowest BCUT2D eigenvalue weighted by molar-refractivity contribution is -0.147. The second-order valence-electron chi connectivity index (χ2n) is 14.0. The molecule has 0 bridgehead atoms. The first-order valence-electron chi connectivity index (χ1n) is 18.5. The molecule has 1 saturated heterocycles. The van der Waals surface area contributed by atoms with Gasteiger partial charge in [-0.15, -0.1) is 0 Å². The SMILES string of the molecule is C[C@H](N)C(=O)N[C@@H](CC(=O)O)C(=O)N[C@@H](Cc1c[nH]c2ccccc12)C(=O)N1CCC[C@H]1C(=O)N[C@@H](CC(N)=O)C(=O)N[C@@H](CCC(=O)O)C(=O)N[C@@H](CC(=O)O)C(=O)O. The number of aromatic amines is 1. The Bertz CT molecular complexity index is 2000. The molecule has 1 fully saturated rings. The fourth-order valence-electron chi connectivity index (χ4n) is 6.32. The Morgan fingerprint density at radius 3 is 1.87 bits per heavy atom. The van der Waals surface area contributed by atoms with Gasteiger partial charge in [-0.05, 0) is 37.8 Å². The fourth-order valence-corrected chi connectivity index (χ4v) is 6.32. The molecule has 0 spiro atoms. The minimum atomic E-state index is -1.98. The lowest BCUT2D eigenvalue weighted by atomic mass is 10.0. The summed E-state index contributed by atoms with van der Waals surface area (Å²) in [5.74, 6) is -13.6. The Hall–Kier alpha value is -7.11. The number of rotatable bonds is 23. The molecule has 60 heavy (non-hydrogen) atoms. The number of aliphatic carboxylic acids is 4. The second-order valence-corrected chi connectivity index (χ2v) is 14.0. The van der Waals surface area contributed by atoms with Gasteiger partial charge < -0.3 is 68.4 Å². The van der Waals surface area contributed by atoms with E-state index in [1.165, 1.54) is 6.92 Å². The van der Waals surface area contributed by atoms with Crippen molar-refractivity contribution >= 4 is 76.1 Å². The largest absolute Gasteiger partial charge is 0.481 e. The average Bonchev–Trinajstić information content (AvgIpc) is 3.82. The highest BCUT2D eigenvalue weighted by atomic mass is 16.4. The number of carboxylic acids is 4. The molecule has 3 rings (SSSR count). The summed E-state index contributed by atoms with van der Waals surface area (Å²) < 4.78 is 0. The van der Waals surface area contributed by atoms with Crippen molar-refractivity contribution in [2.75, 3.05) is 6.54 Å². The van der Waals surface area contributed by atoms with E-state index >= 15 is 0 Å². The maximum atomic E-state index is 14.4. The second kappa shape index (κ2) is 21.6. The molecule has 0 unspecified atom stereocenters. The van der Waals surface area contributed by atoms with Crippen LogP contribution in [0.2, 0.25) is 0 Å². The highest BCUT2D eigenvalue weighted by Crippen LogP contribution is 2.23. The Morgan fingerprint density at radius 1 is 0.733 bits per heavy atom. The summed E-state index contributed by atoms with van der Waals surface area (Å²) in [5.41, 5.74) is 12.2. The number of hydrogen-bond acceptors (Lipinski definition) is 12. The van der Waals surface area contributed by atoms with Gasteiger partial charge in [0.25, 0.3) is 0 Å². The Morgan fingerprint density at radius 2 is 1.28 bits per heavy atom. The summed E-state index contributed by atoms with van der Waals surface area (Å²) in [6.07, 6.45) is -2.58. The van der Waals surface area contributed by atoms with Gasteiger partial charge in [-0.25, -0.2) is 4.79 Å². The summed E-state index contributed by atoms with van der Waals surface area (Å²) in [6.45, 7) is 1.25. The van der Waals surface area contributed by atoms with Gasteiger partial charge in [-0.1, -0.05) is 18.2 Å². The standard InChI is InChI=1S/C36H47N9O15/c1-16(37)30(53)41-22(13-28(49)50)33(56)43-23(11-17-15-39-19-6-3-2-5-18(17)19)35(58)45-10-4-7-25(45)34(57)42-21(12-26(38)46)32(55)40-20(8-9-27(47)48)31(54)44-24(36(59)60)14-29(51)52/h2-3,5-6,15-16,20-25,39H,4,7-14,37H2,1H3,(H2,38,46)(H,40,55)(H,41,53)(H,42,57)(H,43,56)(H,44,54)(H,47,48)(H,49,50)(H,51,52)(H,59,60)/t16-,20-,21-,22-,23-,24-,25-/m0/s1. The number of nitrogens with one attached hydrogen (secondary N) is 6. The number of nitrogens with two attached hydrogens (primary N) is 2. The zero-order valence-electron chi connectivity index (χ0n) is 32.2. The fraction of sp³-hybridized carbons (Fsp3) is 0.472. The van der Waals surface area contributed by atoms with Gasteiger partial charge in [0.2, 0.25) is 41.4 Å². The Labute approximate surface area is 340 Å². The molecule has 1 aromatic heterocycles. The van der Waals surface area contributed by atoms with Crippen molar-refractivity contribution in [3.05, 3.63) is 36.0 Å². The van der Waals surface area contributed by atoms with Crippen LogP contribution in [-0.4, -0.2) is 144 Å². The minimum absolute atomic E-state index is 0.00607. The summed E-state index contributed by atoms with van der Waals surface area (Å²) >= 11 is 0. The lowest BCUT2D eigenvalue weighted by Crippen LogP contribution is -2.60. The maximum Gasteiger partial charge on any atom is 0.326 e. The van der Waals surface area contributed by atoms with Crippen LogP contribution in [0.4, 0.5) is 0 Å². The first kappa shape index (κ1) is 47.3. The quantitative estimate of drug-likeness (QED) is 0.0511. The molecule has 2 aromatic rings. The molecule has 14 N–H and O–H groups in total. The third kappa shape index (κ3) is 13.8. The molecule has 7 atom stereocenters. The van der Waals surface area contributed by atoms with Gasteiger partial charge in [-0.3, -0.25) is 47.9 Å². The molecule has 24 heteroatoms. The summed E-state index contributed by atoms with van der Waals surface area (Å²) in [4.78, 5) is 142. The van der Waals surface area contributed by atoms with E-state index in [4.69, 9.17) is 16.6 Å². The summed E-state index contributed by atoms with van der Waals surface area (Å²) in [5, 5.41) is 48.8. The average molecular weight is 846 g/mol. The van der Waals surface area contributed by atoms with Gasteiger partial charge in [0.1, 0.15) is 36.3 Å². The molecule has 0 aliphatic carbocycles. The van der Waals surface area contributed by atoms with Crippen molar-refractivity contribution < 1.29 is 73.2 Å². The molecule has 0 radical (unpaired) electrons. The molecular weight excluding hydrogens is 798 g/mol. The van der Waals surface area contributed by atoms with E-state index in [-0.39, 0.29) is 25.8 Å². The van der Waals surface area contributed by atoms with Gasteiger partial charge in [-0.2, -0.15) is 0 Å². The molecule has 2 heterocycles. The monoisotopic (exact) mass is 845 g/mol. The van der Waals surface area contributed by atoms with Gasteiger partial charge >= 0.3 is 23.9 Å².